The molecule has 0 aromatic heterocycles. The largest absolute Gasteiger partial charge is 0.243 e. The van der Waals surface area contributed by atoms with Crippen molar-refractivity contribution in [3.05, 3.63) is 59.9 Å². The van der Waals surface area contributed by atoms with Gasteiger partial charge in [-0.1, -0.05) is 24.6 Å². The molecule has 0 spiro atoms. The van der Waals surface area contributed by atoms with Gasteiger partial charge >= 0.3 is 0 Å². The van der Waals surface area contributed by atoms with Crippen molar-refractivity contribution in [2.75, 3.05) is 25.4 Å². The molecule has 1 fully saturated rings. The van der Waals surface area contributed by atoms with Gasteiger partial charge in [-0.3, -0.25) is 0 Å². The van der Waals surface area contributed by atoms with E-state index in [-0.39, 0.29) is 22.2 Å². The smallest absolute Gasteiger partial charge is 0.210 e. The highest BCUT2D eigenvalue weighted by Gasteiger charge is 2.26. The zero-order valence-corrected chi connectivity index (χ0v) is 18.9. The third kappa shape index (κ3) is 5.82. The lowest BCUT2D eigenvalue weighted by Gasteiger charge is -2.25. The van der Waals surface area contributed by atoms with Gasteiger partial charge in [0, 0.05) is 31.1 Å². The number of piperidine rings is 1. The zero-order valence-electron chi connectivity index (χ0n) is 16.5. The molecule has 0 aliphatic carbocycles. The number of nitrogens with one attached hydrogen (secondary N) is 1. The number of rotatable bonds is 9. The van der Waals surface area contributed by atoms with Crippen LogP contribution in [0.2, 0.25) is 0 Å². The van der Waals surface area contributed by atoms with Gasteiger partial charge in [-0.15, -0.1) is 0 Å². The second kappa shape index (κ2) is 10.2. The Morgan fingerprint density at radius 1 is 0.900 bits per heavy atom. The van der Waals surface area contributed by atoms with E-state index in [0.29, 0.717) is 30.2 Å². The van der Waals surface area contributed by atoms with Crippen LogP contribution in [-0.4, -0.2) is 46.5 Å². The van der Waals surface area contributed by atoms with Gasteiger partial charge in [-0.2, -0.15) is 16.1 Å². The van der Waals surface area contributed by atoms with Crippen LogP contribution in [0.25, 0.3) is 0 Å². The molecule has 2 aromatic carbocycles. The SMILES string of the molecule is O=S(=O)(NCCSCc1ccccc1F)c1ccc(S(=O)(=O)N2CCCCC2)cc1. The fourth-order valence-corrected chi connectivity index (χ4v) is 6.70. The van der Waals surface area contributed by atoms with E-state index in [9.17, 15) is 21.2 Å². The lowest BCUT2D eigenvalue weighted by atomic mass is 10.2. The van der Waals surface area contributed by atoms with E-state index in [1.165, 1.54) is 46.4 Å². The van der Waals surface area contributed by atoms with Gasteiger partial charge in [0.25, 0.3) is 0 Å². The normalized spacial score (nSPS) is 15.9. The molecule has 0 radical (unpaired) electrons. The van der Waals surface area contributed by atoms with Gasteiger partial charge in [0.1, 0.15) is 5.82 Å². The number of sulfonamides is 2. The summed E-state index contributed by atoms with van der Waals surface area (Å²) in [6.45, 7) is 1.18. The number of hydrogen-bond acceptors (Lipinski definition) is 5. The number of thioether (sulfide) groups is 1. The summed E-state index contributed by atoms with van der Waals surface area (Å²) < 4.78 is 67.7. The molecular formula is C20H25FN2O4S3. The predicted molar refractivity (Wildman–Crippen MR) is 117 cm³/mol. The third-order valence-electron chi connectivity index (χ3n) is 4.84. The zero-order chi connectivity index (χ0) is 21.6. The van der Waals surface area contributed by atoms with E-state index in [1.54, 1.807) is 18.2 Å². The summed E-state index contributed by atoms with van der Waals surface area (Å²) in [5.41, 5.74) is 0.580. The summed E-state index contributed by atoms with van der Waals surface area (Å²) in [5.74, 6) is 0.664. The van der Waals surface area contributed by atoms with Gasteiger partial charge in [0.05, 0.1) is 9.79 Å². The van der Waals surface area contributed by atoms with Crippen LogP contribution >= 0.6 is 11.8 Å². The van der Waals surface area contributed by atoms with Crippen molar-refractivity contribution in [3.8, 4) is 0 Å². The van der Waals surface area contributed by atoms with E-state index in [2.05, 4.69) is 4.72 Å². The lowest BCUT2D eigenvalue weighted by molar-refractivity contribution is 0.346. The summed E-state index contributed by atoms with van der Waals surface area (Å²) >= 11 is 1.43. The Labute approximate surface area is 182 Å². The highest BCUT2D eigenvalue weighted by molar-refractivity contribution is 7.98. The van der Waals surface area contributed by atoms with Crippen LogP contribution in [-0.2, 0) is 25.8 Å². The van der Waals surface area contributed by atoms with Gasteiger partial charge in [0.15, 0.2) is 0 Å². The van der Waals surface area contributed by atoms with Gasteiger partial charge in [0.2, 0.25) is 20.0 Å². The van der Waals surface area contributed by atoms with Crippen LogP contribution in [0.3, 0.4) is 0 Å². The minimum absolute atomic E-state index is 0.0131. The molecule has 1 saturated heterocycles. The highest BCUT2D eigenvalue weighted by atomic mass is 32.2. The molecule has 30 heavy (non-hydrogen) atoms. The fourth-order valence-electron chi connectivity index (χ4n) is 3.17. The molecule has 6 nitrogen and oxygen atoms in total. The summed E-state index contributed by atoms with van der Waals surface area (Å²) in [7, 11) is -7.34. The molecule has 164 valence electrons. The average molecular weight is 473 g/mol. The highest BCUT2D eigenvalue weighted by Crippen LogP contribution is 2.22. The van der Waals surface area contributed by atoms with Crippen LogP contribution in [0, 0.1) is 5.82 Å². The Bertz CT molecular complexity index is 1050. The van der Waals surface area contributed by atoms with E-state index in [0.717, 1.165) is 19.3 Å². The van der Waals surface area contributed by atoms with Crippen molar-refractivity contribution in [1.82, 2.24) is 9.03 Å². The van der Waals surface area contributed by atoms with E-state index in [1.807, 2.05) is 0 Å². The van der Waals surface area contributed by atoms with E-state index in [4.69, 9.17) is 0 Å². The average Bonchev–Trinajstić information content (AvgIpc) is 2.75. The Morgan fingerprint density at radius 3 is 2.20 bits per heavy atom. The van der Waals surface area contributed by atoms with Crippen LogP contribution in [0.15, 0.2) is 58.3 Å². The van der Waals surface area contributed by atoms with Crippen molar-refractivity contribution in [1.29, 1.82) is 0 Å². The molecular weight excluding hydrogens is 447 g/mol. The first-order valence-corrected chi connectivity index (χ1v) is 13.8. The second-order valence-electron chi connectivity index (χ2n) is 6.98. The molecule has 0 unspecified atom stereocenters. The van der Waals surface area contributed by atoms with E-state index >= 15 is 0 Å². The van der Waals surface area contributed by atoms with Crippen LogP contribution in [0.5, 0.6) is 0 Å². The molecule has 1 aliphatic heterocycles. The molecule has 1 N–H and O–H groups in total. The van der Waals surface area contributed by atoms with Gasteiger partial charge in [-0.05, 0) is 48.7 Å². The van der Waals surface area contributed by atoms with Crippen molar-refractivity contribution in [2.24, 2.45) is 0 Å². The fraction of sp³-hybridized carbons (Fsp3) is 0.400. The summed E-state index contributed by atoms with van der Waals surface area (Å²) in [6, 6.07) is 11.8. The third-order valence-corrected chi connectivity index (χ3v) is 9.24. The Balaban J connectivity index is 1.54. The molecule has 0 amide bonds. The van der Waals surface area contributed by atoms with Crippen molar-refractivity contribution >= 4 is 31.8 Å². The van der Waals surface area contributed by atoms with Crippen molar-refractivity contribution in [3.63, 3.8) is 0 Å². The quantitative estimate of drug-likeness (QED) is 0.567. The maximum Gasteiger partial charge on any atom is 0.243 e. The second-order valence-corrected chi connectivity index (χ2v) is 11.8. The topological polar surface area (TPSA) is 83.5 Å². The number of nitrogens with zero attached hydrogens (tertiary/aromatic N) is 1. The van der Waals surface area contributed by atoms with Crippen LogP contribution in [0.1, 0.15) is 24.8 Å². The van der Waals surface area contributed by atoms with Crippen molar-refractivity contribution in [2.45, 2.75) is 34.8 Å². The Hall–Kier alpha value is -1.46. The Morgan fingerprint density at radius 2 is 1.53 bits per heavy atom. The van der Waals surface area contributed by atoms with Gasteiger partial charge < -0.3 is 0 Å². The molecule has 3 rings (SSSR count). The number of benzene rings is 2. The molecule has 0 bridgehead atoms. The molecule has 2 aromatic rings. The summed E-state index contributed by atoms with van der Waals surface area (Å²) in [5, 5.41) is 0. The summed E-state index contributed by atoms with van der Waals surface area (Å²) in [6.07, 6.45) is 2.70. The minimum Gasteiger partial charge on any atom is -0.210 e. The maximum atomic E-state index is 13.6. The minimum atomic E-state index is -3.75. The predicted octanol–water partition coefficient (Wildman–Crippen LogP) is 3.21. The first-order valence-electron chi connectivity index (χ1n) is 9.72. The van der Waals surface area contributed by atoms with Crippen LogP contribution < -0.4 is 4.72 Å². The maximum absolute atomic E-state index is 13.6. The standard InChI is InChI=1S/C20H25FN2O4S3/c21-20-7-3-2-6-17(20)16-28-15-12-22-29(24,25)18-8-10-19(11-9-18)30(26,27)23-13-4-1-5-14-23/h2-3,6-11,22H,1,4-5,12-16H2. The van der Waals surface area contributed by atoms with Crippen LogP contribution in [0.4, 0.5) is 4.39 Å². The molecule has 10 heteroatoms. The number of halogens is 1. The Kier molecular flexibility index (Phi) is 7.92. The molecule has 1 aliphatic rings. The first kappa shape index (κ1) is 23.2. The molecule has 1 heterocycles. The van der Waals surface area contributed by atoms with Crippen molar-refractivity contribution < 1.29 is 21.2 Å². The lowest BCUT2D eigenvalue weighted by Crippen LogP contribution is -2.35. The van der Waals surface area contributed by atoms with Gasteiger partial charge in [-0.25, -0.2) is 25.9 Å². The first-order chi connectivity index (χ1) is 14.3. The molecule has 0 saturated carbocycles. The number of hydrogen-bond donors (Lipinski definition) is 1. The molecule has 0 atom stereocenters. The summed E-state index contributed by atoms with van der Waals surface area (Å²) in [4.78, 5) is 0.114. The van der Waals surface area contributed by atoms with E-state index < -0.39 is 20.0 Å². The monoisotopic (exact) mass is 472 g/mol.